The monoisotopic (exact) mass is 441 g/mol. The van der Waals surface area contributed by atoms with Gasteiger partial charge < -0.3 is 10.1 Å². The summed E-state index contributed by atoms with van der Waals surface area (Å²) < 4.78 is 1.70. The summed E-state index contributed by atoms with van der Waals surface area (Å²) in [6.45, 7) is 0. The number of hydrogen-bond acceptors (Lipinski definition) is 3. The second-order valence-corrected chi connectivity index (χ2v) is 5.37. The Kier molecular flexibility index (Phi) is 3.19. The first kappa shape index (κ1) is 11.8. The summed E-state index contributed by atoms with van der Waals surface area (Å²) in [5, 5.41) is 9.71. The zero-order valence-electron chi connectivity index (χ0n) is 7.75. The molecule has 1 aromatic heterocycles. The Hall–Kier alpha value is -0.640. The first-order valence-corrected chi connectivity index (χ1v) is 6.41. The van der Waals surface area contributed by atoms with E-state index >= 15 is 0 Å². The Morgan fingerprint density at radius 1 is 1.19 bits per heavy atom. The maximum atomic E-state index is 11.8. The molecule has 0 bridgehead atoms. The van der Waals surface area contributed by atoms with Gasteiger partial charge in [0.25, 0.3) is 5.56 Å². The number of benzene rings is 1. The molecule has 1 aromatic carbocycles. The number of aromatic amines is 1. The van der Waals surface area contributed by atoms with Crippen LogP contribution in [-0.4, -0.2) is 10.1 Å². The SMILES string of the molecule is O=c1[nH]c2ccc(I)c(I)c2c(=O)cc1O. The molecule has 2 rings (SSSR count). The number of hydrogen-bond donors (Lipinski definition) is 2. The van der Waals surface area contributed by atoms with Crippen molar-refractivity contribution in [2.75, 3.05) is 0 Å². The van der Waals surface area contributed by atoms with Crippen molar-refractivity contribution in [1.82, 2.24) is 4.98 Å². The lowest BCUT2D eigenvalue weighted by atomic mass is 10.2. The summed E-state index contributed by atoms with van der Waals surface area (Å²) in [5.41, 5.74) is -0.599. The van der Waals surface area contributed by atoms with E-state index in [-0.39, 0.29) is 5.43 Å². The lowest BCUT2D eigenvalue weighted by Gasteiger charge is -1.98. The lowest BCUT2D eigenvalue weighted by Crippen LogP contribution is -2.00. The standard InChI is InChI=1S/C10H5I2NO3/c11-4-1-2-5-8(9(4)12)6(14)3-7(15)10(16)13-5/h1-3,15H,(H,13,16). The lowest BCUT2D eigenvalue weighted by molar-refractivity contribution is 0.468. The van der Waals surface area contributed by atoms with Crippen LogP contribution in [0.25, 0.3) is 10.9 Å². The van der Waals surface area contributed by atoms with Crippen molar-refractivity contribution in [1.29, 1.82) is 0 Å². The Labute approximate surface area is 117 Å². The predicted octanol–water partition coefficient (Wildman–Crippen LogP) is 1.80. The third-order valence-electron chi connectivity index (χ3n) is 2.09. The average Bonchev–Trinajstić information content (AvgIpc) is 2.32. The summed E-state index contributed by atoms with van der Waals surface area (Å²) in [5.74, 6) is -0.563. The molecule has 0 spiro atoms. The van der Waals surface area contributed by atoms with Gasteiger partial charge in [-0.2, -0.15) is 0 Å². The number of aromatic hydroxyl groups is 1. The minimum absolute atomic E-state index is 0.367. The molecule has 0 fully saturated rings. The van der Waals surface area contributed by atoms with Gasteiger partial charge in [-0.1, -0.05) is 0 Å². The highest BCUT2D eigenvalue weighted by Crippen LogP contribution is 2.21. The van der Waals surface area contributed by atoms with E-state index in [1.54, 1.807) is 12.1 Å². The van der Waals surface area contributed by atoms with Gasteiger partial charge in [-0.3, -0.25) is 9.59 Å². The quantitative estimate of drug-likeness (QED) is 0.614. The van der Waals surface area contributed by atoms with Crippen LogP contribution < -0.4 is 11.0 Å². The molecule has 0 amide bonds. The molecule has 2 aromatic rings. The van der Waals surface area contributed by atoms with Crippen molar-refractivity contribution in [2.45, 2.75) is 0 Å². The molecule has 1 heterocycles. The maximum absolute atomic E-state index is 11.8. The molecular formula is C10H5I2NO3. The largest absolute Gasteiger partial charge is 0.503 e. The summed E-state index contributed by atoms with van der Waals surface area (Å²) in [7, 11) is 0. The maximum Gasteiger partial charge on any atom is 0.290 e. The Balaban J connectivity index is 3.17. The molecule has 0 saturated carbocycles. The number of H-pyrrole nitrogens is 1. The van der Waals surface area contributed by atoms with E-state index in [9.17, 15) is 14.7 Å². The van der Waals surface area contributed by atoms with Gasteiger partial charge in [0.1, 0.15) is 0 Å². The van der Waals surface area contributed by atoms with Crippen molar-refractivity contribution in [3.8, 4) is 5.75 Å². The highest BCUT2D eigenvalue weighted by molar-refractivity contribution is 14.1. The molecule has 82 valence electrons. The van der Waals surface area contributed by atoms with Gasteiger partial charge in [-0.05, 0) is 57.3 Å². The van der Waals surface area contributed by atoms with Crippen molar-refractivity contribution in [2.24, 2.45) is 0 Å². The van der Waals surface area contributed by atoms with E-state index < -0.39 is 11.3 Å². The second-order valence-electron chi connectivity index (χ2n) is 3.13. The van der Waals surface area contributed by atoms with Crippen LogP contribution in [0.3, 0.4) is 0 Å². The van der Waals surface area contributed by atoms with Crippen LogP contribution in [0.5, 0.6) is 5.75 Å². The number of nitrogens with one attached hydrogen (secondary N) is 1. The van der Waals surface area contributed by atoms with E-state index in [0.29, 0.717) is 10.9 Å². The first-order valence-electron chi connectivity index (χ1n) is 4.25. The minimum Gasteiger partial charge on any atom is -0.503 e. The highest BCUT2D eigenvalue weighted by Gasteiger charge is 2.08. The fourth-order valence-electron chi connectivity index (χ4n) is 1.34. The number of fused-ring (bicyclic) bond motifs is 1. The summed E-state index contributed by atoms with van der Waals surface area (Å²) in [4.78, 5) is 25.6. The number of rotatable bonds is 0. The highest BCUT2D eigenvalue weighted by atomic mass is 127. The Morgan fingerprint density at radius 3 is 2.56 bits per heavy atom. The smallest absolute Gasteiger partial charge is 0.290 e. The molecule has 0 aliphatic rings. The van der Waals surface area contributed by atoms with Crippen molar-refractivity contribution in [3.05, 3.63) is 45.9 Å². The van der Waals surface area contributed by atoms with Gasteiger partial charge in [0, 0.05) is 13.2 Å². The normalized spacial score (nSPS) is 10.6. The van der Waals surface area contributed by atoms with E-state index in [0.717, 1.165) is 13.2 Å². The molecule has 4 nitrogen and oxygen atoms in total. The molecule has 6 heteroatoms. The van der Waals surface area contributed by atoms with Gasteiger partial charge in [-0.15, -0.1) is 0 Å². The average molecular weight is 441 g/mol. The van der Waals surface area contributed by atoms with Crippen molar-refractivity contribution in [3.63, 3.8) is 0 Å². The summed E-state index contributed by atoms with van der Waals surface area (Å²) in [6, 6.07) is 4.40. The zero-order valence-corrected chi connectivity index (χ0v) is 12.1. The predicted molar refractivity (Wildman–Crippen MR) is 77.9 cm³/mol. The summed E-state index contributed by atoms with van der Waals surface area (Å²) in [6.07, 6.45) is 0. The van der Waals surface area contributed by atoms with Crippen LogP contribution in [0.4, 0.5) is 0 Å². The zero-order chi connectivity index (χ0) is 11.9. The van der Waals surface area contributed by atoms with Gasteiger partial charge in [-0.25, -0.2) is 0 Å². The van der Waals surface area contributed by atoms with Crippen LogP contribution >= 0.6 is 45.2 Å². The molecule has 2 N–H and O–H groups in total. The fraction of sp³-hybridized carbons (Fsp3) is 0. The third-order valence-corrected chi connectivity index (χ3v) is 5.14. The van der Waals surface area contributed by atoms with Crippen LogP contribution in [0.1, 0.15) is 0 Å². The van der Waals surface area contributed by atoms with E-state index in [1.807, 2.05) is 22.6 Å². The second kappa shape index (κ2) is 4.32. The van der Waals surface area contributed by atoms with Crippen molar-refractivity contribution < 1.29 is 5.11 Å². The fourth-order valence-corrected chi connectivity index (χ4v) is 2.53. The van der Waals surface area contributed by atoms with Crippen LogP contribution in [0, 0.1) is 7.14 Å². The number of aromatic nitrogens is 1. The van der Waals surface area contributed by atoms with Gasteiger partial charge in [0.15, 0.2) is 11.2 Å². The molecule has 0 radical (unpaired) electrons. The van der Waals surface area contributed by atoms with Gasteiger partial charge in [0.2, 0.25) is 0 Å². The van der Waals surface area contributed by atoms with Gasteiger partial charge in [0.05, 0.1) is 10.9 Å². The van der Waals surface area contributed by atoms with E-state index in [1.165, 1.54) is 0 Å². The third kappa shape index (κ3) is 1.95. The van der Waals surface area contributed by atoms with Crippen LogP contribution in [0.2, 0.25) is 0 Å². The van der Waals surface area contributed by atoms with E-state index in [2.05, 4.69) is 27.6 Å². The Morgan fingerprint density at radius 2 is 1.88 bits per heavy atom. The molecule has 0 atom stereocenters. The summed E-state index contributed by atoms with van der Waals surface area (Å²) >= 11 is 4.15. The molecule has 0 unspecified atom stereocenters. The Bertz CT molecular complexity index is 694. The van der Waals surface area contributed by atoms with Gasteiger partial charge >= 0.3 is 0 Å². The van der Waals surface area contributed by atoms with Crippen LogP contribution in [-0.2, 0) is 0 Å². The molecule has 0 saturated heterocycles. The minimum atomic E-state index is -0.663. The molecule has 16 heavy (non-hydrogen) atoms. The first-order chi connectivity index (χ1) is 7.50. The molecule has 0 aliphatic carbocycles. The molecule has 0 aliphatic heterocycles. The topological polar surface area (TPSA) is 70.2 Å². The molecular weight excluding hydrogens is 436 g/mol. The van der Waals surface area contributed by atoms with E-state index in [4.69, 9.17) is 0 Å². The van der Waals surface area contributed by atoms with Crippen LogP contribution in [0.15, 0.2) is 27.8 Å². The van der Waals surface area contributed by atoms with Crippen molar-refractivity contribution >= 4 is 56.1 Å². The number of halogens is 2.